The number of nitrogens with two attached hydrogens (primary N) is 1. The minimum absolute atomic E-state index is 0.750. The van der Waals surface area contributed by atoms with E-state index in [4.69, 9.17) is 5.73 Å². The summed E-state index contributed by atoms with van der Waals surface area (Å²) in [4.78, 5) is 12.1. The fraction of sp³-hybridized carbons (Fsp3) is 0.0667. The third kappa shape index (κ3) is 2.20. The van der Waals surface area contributed by atoms with Crippen molar-refractivity contribution in [2.75, 3.05) is 5.73 Å². The molecule has 2 heterocycles. The summed E-state index contributed by atoms with van der Waals surface area (Å²) in [5.41, 5.74) is 10.4. The van der Waals surface area contributed by atoms with E-state index >= 15 is 0 Å². The fourth-order valence-electron chi connectivity index (χ4n) is 2.02. The molecule has 2 aromatic heterocycles. The first-order chi connectivity index (χ1) is 9.24. The molecule has 0 aliphatic carbocycles. The monoisotopic (exact) mass is 250 g/mol. The number of pyridine rings is 1. The lowest BCUT2D eigenvalue weighted by atomic mass is 10.2. The number of nitrogens with zero attached hydrogens (tertiary/aromatic N) is 2. The van der Waals surface area contributed by atoms with Gasteiger partial charge in [-0.3, -0.25) is 4.98 Å². The molecule has 0 unspecified atom stereocenters. The standard InChI is InChI=1S/C15H14N4/c1-10-14(12-3-2-8-17-9-12)19-15(18-10)11-4-6-13(16)7-5-11/h2-9H,16H2,1H3,(H,18,19). The molecule has 3 rings (SSSR count). The molecule has 0 atom stereocenters. The van der Waals surface area contributed by atoms with Crippen LogP contribution >= 0.6 is 0 Å². The molecule has 0 aliphatic heterocycles. The third-order valence-electron chi connectivity index (χ3n) is 3.00. The Morgan fingerprint density at radius 1 is 1.05 bits per heavy atom. The van der Waals surface area contributed by atoms with Crippen molar-refractivity contribution >= 4 is 5.69 Å². The summed E-state index contributed by atoms with van der Waals surface area (Å²) in [6.45, 7) is 2.01. The second-order valence-electron chi connectivity index (χ2n) is 4.42. The van der Waals surface area contributed by atoms with E-state index in [1.807, 2.05) is 49.5 Å². The predicted octanol–water partition coefficient (Wildman–Crippen LogP) is 3.03. The lowest BCUT2D eigenvalue weighted by Gasteiger charge is -1.97. The van der Waals surface area contributed by atoms with Crippen molar-refractivity contribution in [3.8, 4) is 22.6 Å². The number of nitrogen functional groups attached to an aromatic ring is 1. The van der Waals surface area contributed by atoms with Crippen LogP contribution in [0.25, 0.3) is 22.6 Å². The quantitative estimate of drug-likeness (QED) is 0.687. The van der Waals surface area contributed by atoms with Gasteiger partial charge in [0.15, 0.2) is 0 Å². The zero-order chi connectivity index (χ0) is 13.2. The van der Waals surface area contributed by atoms with Crippen molar-refractivity contribution in [3.05, 3.63) is 54.5 Å². The van der Waals surface area contributed by atoms with Crippen molar-refractivity contribution in [1.82, 2.24) is 15.0 Å². The molecular formula is C15H14N4. The molecule has 4 heteroatoms. The Bertz CT molecular complexity index is 684. The van der Waals surface area contributed by atoms with Crippen molar-refractivity contribution in [2.24, 2.45) is 0 Å². The number of hydrogen-bond acceptors (Lipinski definition) is 3. The van der Waals surface area contributed by atoms with Gasteiger partial charge in [0.2, 0.25) is 0 Å². The van der Waals surface area contributed by atoms with Gasteiger partial charge in [0.25, 0.3) is 0 Å². The molecule has 0 saturated carbocycles. The van der Waals surface area contributed by atoms with Gasteiger partial charge in [-0.05, 0) is 43.3 Å². The largest absolute Gasteiger partial charge is 0.399 e. The zero-order valence-corrected chi connectivity index (χ0v) is 10.6. The van der Waals surface area contributed by atoms with Crippen molar-refractivity contribution in [3.63, 3.8) is 0 Å². The minimum Gasteiger partial charge on any atom is -0.399 e. The maximum atomic E-state index is 5.69. The number of benzene rings is 1. The number of rotatable bonds is 2. The van der Waals surface area contributed by atoms with E-state index in [-0.39, 0.29) is 0 Å². The SMILES string of the molecule is Cc1[nH]c(-c2ccc(N)cc2)nc1-c1cccnc1. The van der Waals surface area contributed by atoms with E-state index in [1.165, 1.54) is 0 Å². The average molecular weight is 250 g/mol. The molecule has 0 aliphatic rings. The maximum Gasteiger partial charge on any atom is 0.138 e. The molecule has 1 aromatic carbocycles. The molecule has 0 fully saturated rings. The molecule has 19 heavy (non-hydrogen) atoms. The number of hydrogen-bond donors (Lipinski definition) is 2. The number of aryl methyl sites for hydroxylation is 1. The first kappa shape index (κ1) is 11.5. The lowest BCUT2D eigenvalue weighted by Crippen LogP contribution is -1.85. The highest BCUT2D eigenvalue weighted by Gasteiger charge is 2.10. The number of H-pyrrole nitrogens is 1. The van der Waals surface area contributed by atoms with Gasteiger partial charge >= 0.3 is 0 Å². The fourth-order valence-corrected chi connectivity index (χ4v) is 2.02. The summed E-state index contributed by atoms with van der Waals surface area (Å²) >= 11 is 0. The summed E-state index contributed by atoms with van der Waals surface area (Å²) in [5, 5.41) is 0. The van der Waals surface area contributed by atoms with E-state index in [0.717, 1.165) is 34.0 Å². The first-order valence-corrected chi connectivity index (χ1v) is 6.07. The van der Waals surface area contributed by atoms with Crippen molar-refractivity contribution in [1.29, 1.82) is 0 Å². The van der Waals surface area contributed by atoms with E-state index in [9.17, 15) is 0 Å². The smallest absolute Gasteiger partial charge is 0.138 e. The van der Waals surface area contributed by atoms with Crippen LogP contribution in [0, 0.1) is 6.92 Å². The number of imidazole rings is 1. The van der Waals surface area contributed by atoms with Crippen molar-refractivity contribution < 1.29 is 0 Å². The number of nitrogens with one attached hydrogen (secondary N) is 1. The molecule has 0 bridgehead atoms. The van der Waals surface area contributed by atoms with Crippen LogP contribution in [0.1, 0.15) is 5.69 Å². The Hall–Kier alpha value is -2.62. The molecule has 0 radical (unpaired) electrons. The van der Waals surface area contributed by atoms with Gasteiger partial charge in [-0.1, -0.05) is 0 Å². The van der Waals surface area contributed by atoms with Gasteiger partial charge in [0, 0.05) is 34.9 Å². The Kier molecular flexibility index (Phi) is 2.76. The zero-order valence-electron chi connectivity index (χ0n) is 10.6. The normalized spacial score (nSPS) is 10.6. The molecule has 4 nitrogen and oxygen atoms in total. The molecular weight excluding hydrogens is 236 g/mol. The highest BCUT2D eigenvalue weighted by atomic mass is 14.9. The topological polar surface area (TPSA) is 67.6 Å². The predicted molar refractivity (Wildman–Crippen MR) is 76.4 cm³/mol. The molecule has 3 N–H and O–H groups in total. The maximum absolute atomic E-state index is 5.69. The molecule has 0 spiro atoms. The number of anilines is 1. The average Bonchev–Trinajstić information content (AvgIpc) is 2.83. The number of aromatic nitrogens is 3. The summed E-state index contributed by atoms with van der Waals surface area (Å²) in [6.07, 6.45) is 3.57. The van der Waals surface area contributed by atoms with Crippen LogP contribution in [-0.4, -0.2) is 15.0 Å². The summed E-state index contributed by atoms with van der Waals surface area (Å²) in [6, 6.07) is 11.6. The Morgan fingerprint density at radius 2 is 1.84 bits per heavy atom. The third-order valence-corrected chi connectivity index (χ3v) is 3.00. The van der Waals surface area contributed by atoms with Crippen LogP contribution in [0.4, 0.5) is 5.69 Å². The van der Waals surface area contributed by atoms with E-state index in [2.05, 4.69) is 15.0 Å². The van der Waals surface area contributed by atoms with Crippen LogP contribution in [0.2, 0.25) is 0 Å². The second-order valence-corrected chi connectivity index (χ2v) is 4.42. The van der Waals surface area contributed by atoms with Crippen LogP contribution in [0.15, 0.2) is 48.8 Å². The van der Waals surface area contributed by atoms with E-state index < -0.39 is 0 Å². The van der Waals surface area contributed by atoms with Gasteiger partial charge in [-0.15, -0.1) is 0 Å². The van der Waals surface area contributed by atoms with E-state index in [0.29, 0.717) is 0 Å². The van der Waals surface area contributed by atoms with Crippen LogP contribution in [0.3, 0.4) is 0 Å². The van der Waals surface area contributed by atoms with E-state index in [1.54, 1.807) is 6.20 Å². The Balaban J connectivity index is 2.04. The van der Waals surface area contributed by atoms with Gasteiger partial charge < -0.3 is 10.7 Å². The summed E-state index contributed by atoms with van der Waals surface area (Å²) in [7, 11) is 0. The van der Waals surface area contributed by atoms with Crippen LogP contribution < -0.4 is 5.73 Å². The van der Waals surface area contributed by atoms with Crippen LogP contribution in [0.5, 0.6) is 0 Å². The Labute approximate surface area is 111 Å². The summed E-state index contributed by atoms with van der Waals surface area (Å²) < 4.78 is 0. The van der Waals surface area contributed by atoms with Crippen molar-refractivity contribution in [2.45, 2.75) is 6.92 Å². The van der Waals surface area contributed by atoms with Gasteiger partial charge in [0.05, 0.1) is 5.69 Å². The highest BCUT2D eigenvalue weighted by Crippen LogP contribution is 2.25. The first-order valence-electron chi connectivity index (χ1n) is 6.07. The van der Waals surface area contributed by atoms with Crippen LogP contribution in [-0.2, 0) is 0 Å². The Morgan fingerprint density at radius 3 is 2.53 bits per heavy atom. The summed E-state index contributed by atoms with van der Waals surface area (Å²) in [5.74, 6) is 0.844. The second kappa shape index (κ2) is 4.57. The lowest BCUT2D eigenvalue weighted by molar-refractivity contribution is 1.25. The molecule has 0 amide bonds. The molecule has 3 aromatic rings. The van der Waals surface area contributed by atoms with Gasteiger partial charge in [0.1, 0.15) is 5.82 Å². The minimum atomic E-state index is 0.750. The highest BCUT2D eigenvalue weighted by molar-refractivity contribution is 5.67. The van der Waals surface area contributed by atoms with Gasteiger partial charge in [-0.2, -0.15) is 0 Å². The van der Waals surface area contributed by atoms with Gasteiger partial charge in [-0.25, -0.2) is 4.98 Å². The number of aromatic amines is 1. The molecule has 94 valence electrons. The molecule has 0 saturated heterocycles.